The molecule has 3 aromatic rings. The van der Waals surface area contributed by atoms with Crippen LogP contribution in [0.3, 0.4) is 0 Å². The normalized spacial score (nSPS) is 10.6. The number of nitrogens with zero attached hydrogens (tertiary/aromatic N) is 1. The Morgan fingerprint density at radius 3 is 2.52 bits per heavy atom. The molecule has 0 aliphatic rings. The highest BCUT2D eigenvalue weighted by Gasteiger charge is 2.15. The molecule has 0 atom stereocenters. The minimum Gasteiger partial charge on any atom is -0.460 e. The van der Waals surface area contributed by atoms with E-state index in [0.29, 0.717) is 12.2 Å². The molecule has 0 aliphatic heterocycles. The highest BCUT2D eigenvalue weighted by Crippen LogP contribution is 2.19. The van der Waals surface area contributed by atoms with Crippen LogP contribution in [-0.2, 0) is 22.7 Å². The first-order valence-electron chi connectivity index (χ1n) is 8.25. The number of ether oxygens (including phenoxy) is 1. The standard InChI is InChI=1S/C20H20N2O3/c1-2-22-17-11-7-6-10-16(17)12-18(22)20(24)21-13-19(23)25-14-15-8-4-3-5-9-15/h3-12H,2,13-14H2,1H3,(H,21,24). The van der Waals surface area contributed by atoms with Crippen molar-refractivity contribution in [1.82, 2.24) is 9.88 Å². The number of amides is 1. The molecule has 0 spiro atoms. The molecular weight excluding hydrogens is 316 g/mol. The van der Waals surface area contributed by atoms with Gasteiger partial charge in [-0.3, -0.25) is 9.59 Å². The Morgan fingerprint density at radius 2 is 1.76 bits per heavy atom. The average molecular weight is 336 g/mol. The summed E-state index contributed by atoms with van der Waals surface area (Å²) in [5.74, 6) is -0.744. The quantitative estimate of drug-likeness (QED) is 0.704. The van der Waals surface area contributed by atoms with Gasteiger partial charge in [-0.05, 0) is 24.6 Å². The zero-order valence-electron chi connectivity index (χ0n) is 14.1. The Kier molecular flexibility index (Phi) is 5.14. The number of fused-ring (bicyclic) bond motifs is 1. The largest absolute Gasteiger partial charge is 0.460 e. The maximum atomic E-state index is 12.4. The summed E-state index contributed by atoms with van der Waals surface area (Å²) >= 11 is 0. The molecule has 2 aromatic carbocycles. The van der Waals surface area contributed by atoms with Crippen LogP contribution >= 0.6 is 0 Å². The first-order valence-corrected chi connectivity index (χ1v) is 8.25. The van der Waals surface area contributed by atoms with E-state index in [2.05, 4.69) is 5.32 Å². The van der Waals surface area contributed by atoms with Crippen molar-refractivity contribution in [3.05, 3.63) is 71.9 Å². The predicted molar refractivity (Wildman–Crippen MR) is 96.2 cm³/mol. The Bertz CT molecular complexity index is 884. The van der Waals surface area contributed by atoms with Gasteiger partial charge in [-0.1, -0.05) is 48.5 Å². The highest BCUT2D eigenvalue weighted by molar-refractivity contribution is 5.99. The smallest absolute Gasteiger partial charge is 0.325 e. The predicted octanol–water partition coefficient (Wildman–Crippen LogP) is 3.13. The first kappa shape index (κ1) is 16.8. The summed E-state index contributed by atoms with van der Waals surface area (Å²) < 4.78 is 7.10. The van der Waals surface area contributed by atoms with Crippen LogP contribution in [-0.4, -0.2) is 23.0 Å². The Labute approximate surface area is 146 Å². The molecule has 1 heterocycles. The van der Waals surface area contributed by atoms with E-state index in [4.69, 9.17) is 4.74 Å². The molecule has 0 bridgehead atoms. The van der Waals surface area contributed by atoms with Gasteiger partial charge in [-0.25, -0.2) is 0 Å². The van der Waals surface area contributed by atoms with Crippen molar-refractivity contribution in [3.8, 4) is 0 Å². The van der Waals surface area contributed by atoms with Gasteiger partial charge in [0.1, 0.15) is 18.8 Å². The van der Waals surface area contributed by atoms with E-state index in [1.807, 2.05) is 72.2 Å². The third kappa shape index (κ3) is 3.88. The molecule has 0 unspecified atom stereocenters. The third-order valence-electron chi connectivity index (χ3n) is 4.00. The number of esters is 1. The van der Waals surface area contributed by atoms with E-state index in [-0.39, 0.29) is 19.1 Å². The third-order valence-corrected chi connectivity index (χ3v) is 4.00. The molecule has 128 valence electrons. The van der Waals surface area contributed by atoms with Crippen LogP contribution in [0.5, 0.6) is 0 Å². The van der Waals surface area contributed by atoms with Crippen LogP contribution in [0.15, 0.2) is 60.7 Å². The minimum atomic E-state index is -0.462. The summed E-state index contributed by atoms with van der Waals surface area (Å²) in [5.41, 5.74) is 2.45. The molecule has 25 heavy (non-hydrogen) atoms. The van der Waals surface area contributed by atoms with Crippen molar-refractivity contribution < 1.29 is 14.3 Å². The summed E-state index contributed by atoms with van der Waals surface area (Å²) in [6.07, 6.45) is 0. The first-order chi connectivity index (χ1) is 12.2. The van der Waals surface area contributed by atoms with Gasteiger partial charge in [0.05, 0.1) is 0 Å². The second-order valence-corrected chi connectivity index (χ2v) is 5.66. The summed E-state index contributed by atoms with van der Waals surface area (Å²) in [6, 6.07) is 19.1. The molecule has 5 heteroatoms. The van der Waals surface area contributed by atoms with Gasteiger partial charge in [-0.15, -0.1) is 0 Å². The van der Waals surface area contributed by atoms with Gasteiger partial charge in [0.25, 0.3) is 5.91 Å². The zero-order valence-corrected chi connectivity index (χ0v) is 14.1. The molecule has 0 aliphatic carbocycles. The summed E-state index contributed by atoms with van der Waals surface area (Å²) in [4.78, 5) is 24.3. The number of carbonyl (C=O) groups is 2. The summed E-state index contributed by atoms with van der Waals surface area (Å²) in [5, 5.41) is 3.64. The van der Waals surface area contributed by atoms with E-state index >= 15 is 0 Å². The average Bonchev–Trinajstić information content (AvgIpc) is 3.04. The molecule has 1 aromatic heterocycles. The van der Waals surface area contributed by atoms with Crippen molar-refractivity contribution in [3.63, 3.8) is 0 Å². The maximum absolute atomic E-state index is 12.4. The van der Waals surface area contributed by atoms with E-state index in [1.165, 1.54) is 0 Å². The van der Waals surface area contributed by atoms with E-state index in [9.17, 15) is 9.59 Å². The monoisotopic (exact) mass is 336 g/mol. The van der Waals surface area contributed by atoms with Crippen molar-refractivity contribution in [2.45, 2.75) is 20.1 Å². The number of para-hydroxylation sites is 1. The SMILES string of the molecule is CCn1c(C(=O)NCC(=O)OCc2ccccc2)cc2ccccc21. The minimum absolute atomic E-state index is 0.156. The van der Waals surface area contributed by atoms with Gasteiger partial charge >= 0.3 is 5.97 Å². The topological polar surface area (TPSA) is 60.3 Å². The van der Waals surface area contributed by atoms with Crippen molar-refractivity contribution in [1.29, 1.82) is 0 Å². The van der Waals surface area contributed by atoms with Gasteiger partial charge in [0, 0.05) is 17.4 Å². The molecule has 1 N–H and O–H groups in total. The van der Waals surface area contributed by atoms with Crippen LogP contribution in [0.1, 0.15) is 23.0 Å². The van der Waals surface area contributed by atoms with Crippen molar-refractivity contribution in [2.75, 3.05) is 6.54 Å². The van der Waals surface area contributed by atoms with Crippen LogP contribution in [0, 0.1) is 0 Å². The summed E-state index contributed by atoms with van der Waals surface area (Å²) in [6.45, 7) is 2.70. The van der Waals surface area contributed by atoms with E-state index in [1.54, 1.807) is 0 Å². The molecule has 3 rings (SSSR count). The fourth-order valence-electron chi connectivity index (χ4n) is 2.77. The van der Waals surface area contributed by atoms with E-state index in [0.717, 1.165) is 16.5 Å². The molecule has 5 nitrogen and oxygen atoms in total. The van der Waals surface area contributed by atoms with Gasteiger partial charge in [0.2, 0.25) is 0 Å². The van der Waals surface area contributed by atoms with Crippen molar-refractivity contribution in [2.24, 2.45) is 0 Å². The van der Waals surface area contributed by atoms with Crippen LogP contribution in [0.25, 0.3) is 10.9 Å². The lowest BCUT2D eigenvalue weighted by molar-refractivity contribution is -0.143. The molecule has 0 saturated carbocycles. The second kappa shape index (κ2) is 7.66. The molecule has 0 fully saturated rings. The zero-order chi connectivity index (χ0) is 17.6. The Morgan fingerprint density at radius 1 is 1.04 bits per heavy atom. The molecular formula is C20H20N2O3. The number of hydrogen-bond acceptors (Lipinski definition) is 3. The molecule has 0 saturated heterocycles. The number of rotatable bonds is 6. The van der Waals surface area contributed by atoms with Crippen molar-refractivity contribution >= 4 is 22.8 Å². The summed E-state index contributed by atoms with van der Waals surface area (Å²) in [7, 11) is 0. The maximum Gasteiger partial charge on any atom is 0.325 e. The lowest BCUT2D eigenvalue weighted by Crippen LogP contribution is -2.31. The number of aromatic nitrogens is 1. The highest BCUT2D eigenvalue weighted by atomic mass is 16.5. The Hall–Kier alpha value is -3.08. The lowest BCUT2D eigenvalue weighted by Gasteiger charge is -2.09. The fourth-order valence-corrected chi connectivity index (χ4v) is 2.77. The number of hydrogen-bond donors (Lipinski definition) is 1. The molecule has 1 amide bonds. The number of aryl methyl sites for hydroxylation is 1. The lowest BCUT2D eigenvalue weighted by atomic mass is 10.2. The van der Waals surface area contributed by atoms with Gasteiger partial charge < -0.3 is 14.6 Å². The van der Waals surface area contributed by atoms with Crippen LogP contribution in [0.4, 0.5) is 0 Å². The molecule has 0 radical (unpaired) electrons. The van der Waals surface area contributed by atoms with Crippen LogP contribution in [0.2, 0.25) is 0 Å². The van der Waals surface area contributed by atoms with E-state index < -0.39 is 5.97 Å². The fraction of sp³-hybridized carbons (Fsp3) is 0.200. The van der Waals surface area contributed by atoms with Gasteiger partial charge in [0.15, 0.2) is 0 Å². The van der Waals surface area contributed by atoms with Crippen LogP contribution < -0.4 is 5.32 Å². The number of carbonyl (C=O) groups excluding carboxylic acids is 2. The Balaban J connectivity index is 1.60. The second-order valence-electron chi connectivity index (χ2n) is 5.66. The number of benzene rings is 2. The van der Waals surface area contributed by atoms with Gasteiger partial charge in [-0.2, -0.15) is 0 Å². The number of nitrogens with one attached hydrogen (secondary N) is 1.